The van der Waals surface area contributed by atoms with Gasteiger partial charge in [-0.15, -0.1) is 11.3 Å². The lowest BCUT2D eigenvalue weighted by Gasteiger charge is -2.21. The summed E-state index contributed by atoms with van der Waals surface area (Å²) >= 11 is 1.66. The van der Waals surface area contributed by atoms with Gasteiger partial charge in [-0.05, 0) is 25.2 Å². The normalized spacial score (nSPS) is 15.5. The van der Waals surface area contributed by atoms with Gasteiger partial charge in [-0.3, -0.25) is 4.99 Å². The zero-order chi connectivity index (χ0) is 19.4. The van der Waals surface area contributed by atoms with E-state index in [1.807, 2.05) is 18.2 Å². The van der Waals surface area contributed by atoms with Crippen LogP contribution in [0.1, 0.15) is 24.3 Å². The lowest BCUT2D eigenvalue weighted by atomic mass is 10.0. The van der Waals surface area contributed by atoms with Crippen molar-refractivity contribution in [2.24, 2.45) is 10.9 Å². The standard InChI is InChI=1S/C21H30N4O2S/c1-22-21(23-10-5-11-27-15-17-8-12-26-13-9-17)24-14-20-25-19(16-28-20)18-6-3-2-4-7-18/h2-4,6-7,16-17H,5,8-15H2,1H3,(H2,22,23,24). The minimum absolute atomic E-state index is 0.662. The van der Waals surface area contributed by atoms with Crippen LogP contribution in [-0.4, -0.2) is 51.0 Å². The molecule has 1 fully saturated rings. The van der Waals surface area contributed by atoms with E-state index in [-0.39, 0.29) is 0 Å². The van der Waals surface area contributed by atoms with Crippen molar-refractivity contribution in [1.29, 1.82) is 0 Å². The third-order valence-corrected chi connectivity index (χ3v) is 5.55. The largest absolute Gasteiger partial charge is 0.381 e. The van der Waals surface area contributed by atoms with Crippen molar-refractivity contribution < 1.29 is 9.47 Å². The SMILES string of the molecule is CN=C(NCCCOCC1CCOCC1)NCc1nc(-c2ccccc2)cs1. The van der Waals surface area contributed by atoms with Gasteiger partial charge in [0.1, 0.15) is 5.01 Å². The molecule has 152 valence electrons. The summed E-state index contributed by atoms with van der Waals surface area (Å²) in [5, 5.41) is 9.80. The van der Waals surface area contributed by atoms with Crippen LogP contribution in [-0.2, 0) is 16.0 Å². The van der Waals surface area contributed by atoms with Crippen molar-refractivity contribution in [3.8, 4) is 11.3 Å². The monoisotopic (exact) mass is 402 g/mol. The zero-order valence-corrected chi connectivity index (χ0v) is 17.3. The number of thiazole rings is 1. The Morgan fingerprint density at radius 3 is 2.86 bits per heavy atom. The molecule has 0 atom stereocenters. The third kappa shape index (κ3) is 6.89. The molecule has 28 heavy (non-hydrogen) atoms. The van der Waals surface area contributed by atoms with Crippen molar-refractivity contribution in [3.63, 3.8) is 0 Å². The zero-order valence-electron chi connectivity index (χ0n) is 16.5. The van der Waals surface area contributed by atoms with Crippen LogP contribution in [0.15, 0.2) is 40.7 Å². The maximum atomic E-state index is 5.80. The molecule has 2 heterocycles. The number of nitrogens with zero attached hydrogens (tertiary/aromatic N) is 2. The average Bonchev–Trinajstić information content (AvgIpc) is 3.23. The van der Waals surface area contributed by atoms with Crippen LogP contribution >= 0.6 is 11.3 Å². The molecule has 1 aromatic heterocycles. The number of guanidine groups is 1. The predicted octanol–water partition coefficient (Wildman–Crippen LogP) is 3.31. The second-order valence-corrected chi connectivity index (χ2v) is 7.77. The van der Waals surface area contributed by atoms with E-state index < -0.39 is 0 Å². The quantitative estimate of drug-likeness (QED) is 0.383. The molecule has 0 aliphatic carbocycles. The van der Waals surface area contributed by atoms with Crippen LogP contribution in [0.25, 0.3) is 11.3 Å². The van der Waals surface area contributed by atoms with E-state index in [2.05, 4.69) is 33.1 Å². The number of aromatic nitrogens is 1. The smallest absolute Gasteiger partial charge is 0.191 e. The van der Waals surface area contributed by atoms with E-state index >= 15 is 0 Å². The van der Waals surface area contributed by atoms with Crippen LogP contribution in [0.2, 0.25) is 0 Å². The van der Waals surface area contributed by atoms with Gasteiger partial charge in [0, 0.05) is 51.0 Å². The van der Waals surface area contributed by atoms with Crippen molar-refractivity contribution in [2.75, 3.05) is 40.0 Å². The van der Waals surface area contributed by atoms with E-state index in [0.717, 1.165) is 74.5 Å². The van der Waals surface area contributed by atoms with Crippen molar-refractivity contribution in [3.05, 3.63) is 40.7 Å². The Hall–Kier alpha value is -1.96. The molecule has 0 amide bonds. The molecule has 0 bridgehead atoms. The summed E-state index contributed by atoms with van der Waals surface area (Å²) in [4.78, 5) is 8.97. The Kier molecular flexibility index (Phi) is 8.74. The molecule has 2 aromatic rings. The summed E-state index contributed by atoms with van der Waals surface area (Å²) in [7, 11) is 1.79. The van der Waals surface area contributed by atoms with E-state index in [4.69, 9.17) is 14.5 Å². The maximum absolute atomic E-state index is 5.80. The Labute approximate surface area is 171 Å². The lowest BCUT2D eigenvalue weighted by molar-refractivity contribution is 0.0203. The molecule has 1 aromatic carbocycles. The van der Waals surface area contributed by atoms with Gasteiger partial charge >= 0.3 is 0 Å². The van der Waals surface area contributed by atoms with E-state index in [1.165, 1.54) is 0 Å². The summed E-state index contributed by atoms with van der Waals surface area (Å²) < 4.78 is 11.2. The number of aliphatic imine (C=N–C) groups is 1. The number of hydrogen-bond acceptors (Lipinski definition) is 5. The van der Waals surface area contributed by atoms with Crippen LogP contribution in [0.4, 0.5) is 0 Å². The van der Waals surface area contributed by atoms with Gasteiger partial charge < -0.3 is 20.1 Å². The van der Waals surface area contributed by atoms with E-state index in [9.17, 15) is 0 Å². The summed E-state index contributed by atoms with van der Waals surface area (Å²) in [6.45, 7) is 4.88. The number of ether oxygens (including phenoxy) is 2. The molecule has 1 aliphatic heterocycles. The van der Waals surface area contributed by atoms with Gasteiger partial charge in [-0.2, -0.15) is 0 Å². The van der Waals surface area contributed by atoms with Gasteiger partial charge in [0.15, 0.2) is 5.96 Å². The number of hydrogen-bond donors (Lipinski definition) is 2. The minimum Gasteiger partial charge on any atom is -0.381 e. The van der Waals surface area contributed by atoms with Gasteiger partial charge in [-0.25, -0.2) is 4.98 Å². The van der Waals surface area contributed by atoms with Gasteiger partial charge in [-0.1, -0.05) is 30.3 Å². The van der Waals surface area contributed by atoms with Crippen LogP contribution in [0, 0.1) is 5.92 Å². The van der Waals surface area contributed by atoms with E-state index in [1.54, 1.807) is 18.4 Å². The summed E-state index contributed by atoms with van der Waals surface area (Å²) in [6.07, 6.45) is 3.20. The highest BCUT2D eigenvalue weighted by molar-refractivity contribution is 7.09. The predicted molar refractivity (Wildman–Crippen MR) is 115 cm³/mol. The molecule has 0 spiro atoms. The van der Waals surface area contributed by atoms with Gasteiger partial charge in [0.05, 0.1) is 12.2 Å². The summed E-state index contributed by atoms with van der Waals surface area (Å²) in [5.74, 6) is 1.45. The second kappa shape index (κ2) is 11.8. The highest BCUT2D eigenvalue weighted by Gasteiger charge is 2.13. The molecular weight excluding hydrogens is 372 g/mol. The highest BCUT2D eigenvalue weighted by atomic mass is 32.1. The van der Waals surface area contributed by atoms with Crippen molar-refractivity contribution in [2.45, 2.75) is 25.8 Å². The fourth-order valence-electron chi connectivity index (χ4n) is 3.06. The number of nitrogens with one attached hydrogen (secondary N) is 2. The third-order valence-electron chi connectivity index (χ3n) is 4.70. The average molecular weight is 403 g/mol. The molecule has 0 radical (unpaired) electrons. The summed E-state index contributed by atoms with van der Waals surface area (Å²) in [5.41, 5.74) is 2.17. The van der Waals surface area contributed by atoms with Crippen molar-refractivity contribution in [1.82, 2.24) is 15.6 Å². The fourth-order valence-corrected chi connectivity index (χ4v) is 3.80. The Morgan fingerprint density at radius 1 is 1.25 bits per heavy atom. The summed E-state index contributed by atoms with van der Waals surface area (Å²) in [6, 6.07) is 10.2. The second-order valence-electron chi connectivity index (χ2n) is 6.83. The molecule has 6 nitrogen and oxygen atoms in total. The first-order valence-corrected chi connectivity index (χ1v) is 10.8. The molecule has 2 N–H and O–H groups in total. The first-order valence-electron chi connectivity index (χ1n) is 9.95. The van der Waals surface area contributed by atoms with Crippen LogP contribution < -0.4 is 10.6 Å². The molecule has 1 saturated heterocycles. The van der Waals surface area contributed by atoms with E-state index in [0.29, 0.717) is 12.5 Å². The highest BCUT2D eigenvalue weighted by Crippen LogP contribution is 2.21. The lowest BCUT2D eigenvalue weighted by Crippen LogP contribution is -2.37. The molecule has 7 heteroatoms. The topological polar surface area (TPSA) is 67.8 Å². The van der Waals surface area contributed by atoms with Gasteiger partial charge in [0.2, 0.25) is 0 Å². The Balaban J connectivity index is 1.30. The number of rotatable bonds is 9. The molecule has 3 rings (SSSR count). The first-order chi connectivity index (χ1) is 13.8. The molecule has 0 unspecified atom stereocenters. The Bertz CT molecular complexity index is 714. The molecule has 0 saturated carbocycles. The maximum Gasteiger partial charge on any atom is 0.191 e. The van der Waals surface area contributed by atoms with Gasteiger partial charge in [0.25, 0.3) is 0 Å². The first kappa shape index (κ1) is 20.8. The van der Waals surface area contributed by atoms with Crippen LogP contribution in [0.3, 0.4) is 0 Å². The molecule has 1 aliphatic rings. The van der Waals surface area contributed by atoms with Crippen LogP contribution in [0.5, 0.6) is 0 Å². The fraction of sp³-hybridized carbons (Fsp3) is 0.524. The molecular formula is C21H30N4O2S. The van der Waals surface area contributed by atoms with Crippen molar-refractivity contribution >= 4 is 17.3 Å². The Morgan fingerprint density at radius 2 is 2.07 bits per heavy atom. The minimum atomic E-state index is 0.662. The number of benzene rings is 1.